The number of fused-ring (bicyclic) bond motifs is 1. The number of allylic oxidation sites excluding steroid dienone is 3. The van der Waals surface area contributed by atoms with E-state index in [1.54, 1.807) is 41.2 Å². The number of aryl methyl sites for hydroxylation is 1. The highest BCUT2D eigenvalue weighted by Crippen LogP contribution is 2.30. The molecule has 256 valence electrons. The van der Waals surface area contributed by atoms with Crippen molar-refractivity contribution >= 4 is 27.8 Å². The van der Waals surface area contributed by atoms with E-state index >= 15 is 0 Å². The average molecular weight is 676 g/mol. The highest BCUT2D eigenvalue weighted by molar-refractivity contribution is 7.89. The zero-order chi connectivity index (χ0) is 34.1. The molecule has 0 atom stereocenters. The maximum absolute atomic E-state index is 13.6. The first-order valence-corrected chi connectivity index (χ1v) is 17.8. The van der Waals surface area contributed by atoms with Gasteiger partial charge >= 0.3 is 0 Å². The second-order valence-electron chi connectivity index (χ2n) is 12.2. The van der Waals surface area contributed by atoms with E-state index in [4.69, 9.17) is 14.2 Å². The van der Waals surface area contributed by atoms with Crippen molar-refractivity contribution in [3.63, 3.8) is 0 Å². The van der Waals surface area contributed by atoms with Crippen LogP contribution in [0.15, 0.2) is 70.6 Å². The number of nitrogens with zero attached hydrogens (tertiary/aromatic N) is 6. The Kier molecular flexibility index (Phi) is 11.7. The average Bonchev–Trinajstić information content (AvgIpc) is 3.51. The lowest BCUT2D eigenvalue weighted by atomic mass is 9.89. The molecule has 2 aromatic heterocycles. The van der Waals surface area contributed by atoms with Crippen molar-refractivity contribution < 1.29 is 22.6 Å². The number of sulfonamides is 1. The van der Waals surface area contributed by atoms with Gasteiger partial charge in [0.05, 0.1) is 66.9 Å². The molecule has 0 amide bonds. The summed E-state index contributed by atoms with van der Waals surface area (Å²) in [6.07, 6.45) is 8.19. The van der Waals surface area contributed by atoms with Crippen LogP contribution in [0.5, 0.6) is 5.75 Å². The molecule has 3 aromatic rings. The summed E-state index contributed by atoms with van der Waals surface area (Å²) in [7, 11) is -3.79. The highest BCUT2D eigenvalue weighted by atomic mass is 32.2. The van der Waals surface area contributed by atoms with Gasteiger partial charge < -0.3 is 19.1 Å². The van der Waals surface area contributed by atoms with Crippen molar-refractivity contribution in [2.45, 2.75) is 44.0 Å². The van der Waals surface area contributed by atoms with Gasteiger partial charge in [-0.3, -0.25) is 4.90 Å². The number of morpholine rings is 1. The second-order valence-corrected chi connectivity index (χ2v) is 13.9. The first-order valence-electron chi connectivity index (χ1n) is 16.3. The highest BCUT2D eigenvalue weighted by Gasteiger charge is 2.39. The molecule has 0 unspecified atom stereocenters. The minimum atomic E-state index is -3.79. The molecule has 2 aliphatic rings. The van der Waals surface area contributed by atoms with Crippen molar-refractivity contribution in [1.29, 1.82) is 5.26 Å². The molecule has 2 aliphatic heterocycles. The monoisotopic (exact) mass is 675 g/mol. The summed E-state index contributed by atoms with van der Waals surface area (Å²) in [4.78, 5) is 8.96. The van der Waals surface area contributed by atoms with Gasteiger partial charge in [-0.1, -0.05) is 23.8 Å². The minimum Gasteiger partial charge on any atom is -0.492 e. The van der Waals surface area contributed by atoms with E-state index < -0.39 is 15.6 Å². The number of benzene rings is 1. The van der Waals surface area contributed by atoms with E-state index in [0.29, 0.717) is 75.0 Å². The maximum Gasteiger partial charge on any atom is 0.241 e. The lowest BCUT2D eigenvalue weighted by Crippen LogP contribution is -2.57. The molecule has 48 heavy (non-hydrogen) atoms. The Morgan fingerprint density at radius 1 is 1.19 bits per heavy atom. The summed E-state index contributed by atoms with van der Waals surface area (Å²) in [6.45, 7) is 15.9. The van der Waals surface area contributed by atoms with Gasteiger partial charge in [0.15, 0.2) is 0 Å². The number of nitriles is 1. The number of likely N-dealkylation sites (tertiary alicyclic amines) is 1. The van der Waals surface area contributed by atoms with Gasteiger partial charge in [-0.2, -0.15) is 10.4 Å². The third-order valence-corrected chi connectivity index (χ3v) is 10.4. The molecular weight excluding hydrogens is 630 g/mol. The molecule has 2 saturated heterocycles. The molecule has 0 radical (unpaired) electrons. The van der Waals surface area contributed by atoms with Crippen LogP contribution in [-0.2, 0) is 19.5 Å². The third kappa shape index (κ3) is 8.50. The largest absolute Gasteiger partial charge is 0.492 e. The number of piperidine rings is 1. The molecular formula is C35H45N7O5S. The fourth-order valence-electron chi connectivity index (χ4n) is 6.06. The Labute approximate surface area is 283 Å². The Hall–Kier alpha value is -4.06. The number of aliphatic imine (C=N–C) groups is 1. The van der Waals surface area contributed by atoms with E-state index in [2.05, 4.69) is 37.4 Å². The van der Waals surface area contributed by atoms with Gasteiger partial charge in [-0.15, -0.1) is 0 Å². The number of hydrogen-bond acceptors (Lipinski definition) is 10. The summed E-state index contributed by atoms with van der Waals surface area (Å²) in [5, 5.41) is 14.0. The quantitative estimate of drug-likeness (QED) is 0.153. The maximum atomic E-state index is 13.6. The topological polar surface area (TPSA) is 134 Å². The summed E-state index contributed by atoms with van der Waals surface area (Å²) in [5.41, 5.74) is 3.10. The van der Waals surface area contributed by atoms with Crippen LogP contribution in [0.1, 0.15) is 43.4 Å². The Balaban J connectivity index is 1.33. The first kappa shape index (κ1) is 35.3. The molecule has 4 heterocycles. The zero-order valence-electron chi connectivity index (χ0n) is 28.0. The van der Waals surface area contributed by atoms with Crippen LogP contribution >= 0.6 is 0 Å². The van der Waals surface area contributed by atoms with E-state index in [9.17, 15) is 13.7 Å². The second kappa shape index (κ2) is 15.9. The minimum absolute atomic E-state index is 0.234. The molecule has 12 nitrogen and oxygen atoms in total. The molecule has 0 spiro atoms. The lowest BCUT2D eigenvalue weighted by Gasteiger charge is -2.42. The van der Waals surface area contributed by atoms with Gasteiger partial charge in [0.1, 0.15) is 17.6 Å². The van der Waals surface area contributed by atoms with Crippen LogP contribution in [0.3, 0.4) is 0 Å². The molecule has 13 heteroatoms. The van der Waals surface area contributed by atoms with E-state index in [0.717, 1.165) is 36.3 Å². The molecule has 2 fully saturated rings. The van der Waals surface area contributed by atoms with Crippen LogP contribution < -0.4 is 9.46 Å². The third-order valence-electron chi connectivity index (χ3n) is 8.85. The summed E-state index contributed by atoms with van der Waals surface area (Å²) in [5.74, 6) is 1.32. The van der Waals surface area contributed by atoms with Gasteiger partial charge in [0.25, 0.3) is 0 Å². The number of ether oxygens (including phenoxy) is 3. The fourth-order valence-corrected chi connectivity index (χ4v) is 7.50. The number of hydrogen-bond donors (Lipinski definition) is 1. The summed E-state index contributed by atoms with van der Waals surface area (Å²) < 4.78 is 49.2. The summed E-state index contributed by atoms with van der Waals surface area (Å²) in [6, 6.07) is 11.0. The van der Waals surface area contributed by atoms with Crippen molar-refractivity contribution in [1.82, 2.24) is 24.1 Å². The zero-order valence-corrected chi connectivity index (χ0v) is 28.8. The standard InChI is InChI=1S/C35H45N7O5S/c1-5-47-30-22-32(34-29(23-36)24-38-42(34)25-30)28(3)8-11-33(37-4)41-14-12-35(13-15-41,26-46-21-18-40-16-19-45-20-17-40)39-48(43,44)31-9-6-27(2)7-10-31/h6-11,22,24-25,39H,4-5,12-21,26H2,1-3H3/b28-8+,33-11+. The molecule has 0 bridgehead atoms. The van der Waals surface area contributed by atoms with Gasteiger partial charge in [0.2, 0.25) is 10.0 Å². The summed E-state index contributed by atoms with van der Waals surface area (Å²) >= 11 is 0. The van der Waals surface area contributed by atoms with Crippen LogP contribution in [0.2, 0.25) is 0 Å². The fraction of sp³-hybridized carbons (Fsp3) is 0.457. The number of aromatic nitrogens is 2. The van der Waals surface area contributed by atoms with Crippen LogP contribution in [0.25, 0.3) is 11.1 Å². The number of nitrogens with one attached hydrogen (secondary N) is 1. The van der Waals surface area contributed by atoms with Crippen molar-refractivity contribution in [2.75, 3.05) is 65.8 Å². The van der Waals surface area contributed by atoms with Crippen LogP contribution in [-0.4, -0.2) is 106 Å². The Morgan fingerprint density at radius 2 is 1.92 bits per heavy atom. The van der Waals surface area contributed by atoms with Crippen LogP contribution in [0, 0.1) is 18.3 Å². The SMILES string of the molecule is C=N/C(=C\C=C(/C)c1cc(OCC)cn2ncc(C#N)c12)N1CCC(COCCN2CCOCC2)(NS(=O)(=O)c2ccc(C)cc2)CC1. The Morgan fingerprint density at radius 3 is 2.58 bits per heavy atom. The van der Waals surface area contributed by atoms with E-state index in [1.165, 1.54) is 0 Å². The number of rotatable bonds is 14. The normalized spacial score (nSPS) is 17.8. The Bertz CT molecular complexity index is 1780. The molecule has 1 N–H and O–H groups in total. The first-order chi connectivity index (χ1) is 23.2. The predicted octanol–water partition coefficient (Wildman–Crippen LogP) is 4.02. The van der Waals surface area contributed by atoms with Crippen molar-refractivity contribution in [3.8, 4) is 11.8 Å². The van der Waals surface area contributed by atoms with Gasteiger partial charge in [-0.05, 0) is 70.2 Å². The van der Waals surface area contributed by atoms with Crippen molar-refractivity contribution in [2.24, 2.45) is 4.99 Å². The lowest BCUT2D eigenvalue weighted by molar-refractivity contribution is 0.00495. The van der Waals surface area contributed by atoms with Gasteiger partial charge in [-0.25, -0.2) is 22.6 Å². The van der Waals surface area contributed by atoms with E-state index in [1.807, 2.05) is 39.0 Å². The van der Waals surface area contributed by atoms with E-state index in [-0.39, 0.29) is 11.5 Å². The smallest absolute Gasteiger partial charge is 0.241 e. The molecule has 5 rings (SSSR count). The number of pyridine rings is 1. The van der Waals surface area contributed by atoms with Crippen LogP contribution in [0.4, 0.5) is 0 Å². The molecule has 0 saturated carbocycles. The van der Waals surface area contributed by atoms with Crippen molar-refractivity contribution in [3.05, 3.63) is 77.4 Å². The van der Waals surface area contributed by atoms with Gasteiger partial charge in [0, 0.05) is 38.3 Å². The predicted molar refractivity (Wildman–Crippen MR) is 185 cm³/mol. The molecule has 0 aliphatic carbocycles. The molecule has 1 aromatic carbocycles.